The molecule has 3 aromatic rings. The molecule has 1 aliphatic rings. The molecular weight excluding hydrogens is 288 g/mol. The number of rotatable bonds is 1. The van der Waals surface area contributed by atoms with Gasteiger partial charge in [0.25, 0.3) is 0 Å². The van der Waals surface area contributed by atoms with Gasteiger partial charge in [0, 0.05) is 11.5 Å². The Morgan fingerprint density at radius 1 is 1.24 bits per heavy atom. The van der Waals surface area contributed by atoms with Crippen LogP contribution in [0, 0.1) is 0 Å². The van der Waals surface area contributed by atoms with Gasteiger partial charge in [-0.05, 0) is 29.8 Å². The predicted octanol–water partition coefficient (Wildman–Crippen LogP) is 2.84. The highest BCUT2D eigenvalue weighted by molar-refractivity contribution is 7.00. The third kappa shape index (κ3) is 1.95. The lowest BCUT2D eigenvalue weighted by Gasteiger charge is -2.25. The number of ether oxygens (including phenoxy) is 1. The molecule has 1 aliphatic heterocycles. The summed E-state index contributed by atoms with van der Waals surface area (Å²) in [6.45, 7) is 0. The van der Waals surface area contributed by atoms with Crippen LogP contribution in [0.25, 0.3) is 11.0 Å². The molecule has 2 aromatic carbocycles. The lowest BCUT2D eigenvalue weighted by molar-refractivity contribution is -0.135. The van der Waals surface area contributed by atoms with Crippen LogP contribution in [0.4, 0.5) is 0 Å². The summed E-state index contributed by atoms with van der Waals surface area (Å²) in [4.78, 5) is 11.9. The average molecular weight is 298 g/mol. The van der Waals surface area contributed by atoms with E-state index in [1.165, 1.54) is 0 Å². The fourth-order valence-corrected chi connectivity index (χ4v) is 3.29. The van der Waals surface area contributed by atoms with E-state index in [2.05, 4.69) is 8.75 Å². The number of hydrogen-bond acceptors (Lipinski definition) is 6. The third-order valence-electron chi connectivity index (χ3n) is 3.64. The molecule has 0 saturated heterocycles. The van der Waals surface area contributed by atoms with Gasteiger partial charge < -0.3 is 9.84 Å². The molecule has 0 radical (unpaired) electrons. The maximum absolute atomic E-state index is 11.9. The van der Waals surface area contributed by atoms with Crippen molar-refractivity contribution in [1.29, 1.82) is 0 Å². The molecule has 4 rings (SSSR count). The molecule has 0 aliphatic carbocycles. The predicted molar refractivity (Wildman–Crippen MR) is 77.6 cm³/mol. The van der Waals surface area contributed by atoms with E-state index in [9.17, 15) is 9.90 Å². The van der Waals surface area contributed by atoms with Crippen LogP contribution in [0.2, 0.25) is 0 Å². The zero-order valence-corrected chi connectivity index (χ0v) is 11.6. The van der Waals surface area contributed by atoms with Crippen LogP contribution < -0.4 is 4.74 Å². The van der Waals surface area contributed by atoms with Crippen LogP contribution in [0.15, 0.2) is 36.4 Å². The molecule has 104 valence electrons. The summed E-state index contributed by atoms with van der Waals surface area (Å²) in [5.41, 5.74) is 3.29. The van der Waals surface area contributed by atoms with E-state index in [1.807, 2.05) is 6.07 Å². The highest BCUT2D eigenvalue weighted by Gasteiger charge is 2.31. The van der Waals surface area contributed by atoms with E-state index in [4.69, 9.17) is 4.74 Å². The van der Waals surface area contributed by atoms with E-state index >= 15 is 0 Å². The lowest BCUT2D eigenvalue weighted by Crippen LogP contribution is -2.21. The highest BCUT2D eigenvalue weighted by atomic mass is 32.1. The van der Waals surface area contributed by atoms with E-state index in [1.54, 1.807) is 30.3 Å². The third-order valence-corrected chi connectivity index (χ3v) is 4.19. The van der Waals surface area contributed by atoms with Crippen LogP contribution in [0.1, 0.15) is 23.5 Å². The molecule has 5 nitrogen and oxygen atoms in total. The van der Waals surface area contributed by atoms with Crippen molar-refractivity contribution in [3.63, 3.8) is 0 Å². The van der Waals surface area contributed by atoms with Crippen molar-refractivity contribution < 1.29 is 14.6 Å². The second-order valence-corrected chi connectivity index (χ2v) is 5.46. The Hall–Kier alpha value is -2.47. The Morgan fingerprint density at radius 3 is 3.00 bits per heavy atom. The first kappa shape index (κ1) is 12.3. The van der Waals surface area contributed by atoms with Crippen LogP contribution in [0.5, 0.6) is 11.5 Å². The SMILES string of the molecule is O=C1CC(c2cccc(O)c2)c2c(ccc3nsnc23)O1. The van der Waals surface area contributed by atoms with Gasteiger partial charge in [-0.1, -0.05) is 12.1 Å². The maximum atomic E-state index is 11.9. The van der Waals surface area contributed by atoms with Crippen LogP contribution in [-0.4, -0.2) is 19.8 Å². The second kappa shape index (κ2) is 4.53. The number of nitrogens with zero attached hydrogens (tertiary/aromatic N) is 2. The molecule has 0 bridgehead atoms. The van der Waals surface area contributed by atoms with Gasteiger partial charge >= 0.3 is 5.97 Å². The van der Waals surface area contributed by atoms with Gasteiger partial charge in [0.1, 0.15) is 22.5 Å². The first-order valence-electron chi connectivity index (χ1n) is 6.47. The monoisotopic (exact) mass is 298 g/mol. The highest BCUT2D eigenvalue weighted by Crippen LogP contribution is 2.42. The first-order chi connectivity index (χ1) is 10.2. The molecule has 1 N–H and O–H groups in total. The number of aromatic hydroxyl groups is 1. The van der Waals surface area contributed by atoms with Crippen molar-refractivity contribution in [3.05, 3.63) is 47.5 Å². The van der Waals surface area contributed by atoms with Gasteiger partial charge in [-0.25, -0.2) is 0 Å². The standard InChI is InChI=1S/C15H10N2O3S/c18-9-3-1-2-8(6-9)10-7-13(19)20-12-5-4-11-15(14(10)12)17-21-16-11/h1-6,10,18H,7H2. The van der Waals surface area contributed by atoms with Gasteiger partial charge in [0.05, 0.1) is 18.1 Å². The number of fused-ring (bicyclic) bond motifs is 3. The summed E-state index contributed by atoms with van der Waals surface area (Å²) in [7, 11) is 0. The van der Waals surface area contributed by atoms with Gasteiger partial charge in [-0.15, -0.1) is 0 Å². The van der Waals surface area contributed by atoms with Crippen molar-refractivity contribution in [2.75, 3.05) is 0 Å². The number of carbonyl (C=O) groups is 1. The first-order valence-corrected chi connectivity index (χ1v) is 7.20. The molecule has 1 unspecified atom stereocenters. The molecule has 0 saturated carbocycles. The van der Waals surface area contributed by atoms with Gasteiger partial charge in [-0.2, -0.15) is 8.75 Å². The number of benzene rings is 2. The number of carbonyl (C=O) groups excluding carboxylic acids is 1. The van der Waals surface area contributed by atoms with Crippen molar-refractivity contribution in [2.45, 2.75) is 12.3 Å². The van der Waals surface area contributed by atoms with Gasteiger partial charge in [0.15, 0.2) is 0 Å². The molecule has 6 heteroatoms. The van der Waals surface area contributed by atoms with Gasteiger partial charge in [-0.3, -0.25) is 4.79 Å². The number of esters is 1. The molecule has 21 heavy (non-hydrogen) atoms. The Bertz CT molecular complexity index is 859. The largest absolute Gasteiger partial charge is 0.508 e. The minimum atomic E-state index is -0.279. The van der Waals surface area contributed by atoms with Crippen LogP contribution in [-0.2, 0) is 4.79 Å². The maximum Gasteiger partial charge on any atom is 0.312 e. The fourth-order valence-electron chi connectivity index (χ4n) is 2.74. The number of hydrogen-bond donors (Lipinski definition) is 1. The minimum Gasteiger partial charge on any atom is -0.508 e. The Kier molecular flexibility index (Phi) is 2.65. The quantitative estimate of drug-likeness (QED) is 0.552. The zero-order chi connectivity index (χ0) is 14.4. The van der Waals surface area contributed by atoms with Crippen molar-refractivity contribution in [2.24, 2.45) is 0 Å². The molecule has 2 heterocycles. The van der Waals surface area contributed by atoms with E-state index in [0.29, 0.717) is 5.75 Å². The van der Waals surface area contributed by atoms with E-state index in [0.717, 1.165) is 33.9 Å². The Labute approximate surface area is 124 Å². The summed E-state index contributed by atoms with van der Waals surface area (Å²) in [6.07, 6.45) is 0.229. The summed E-state index contributed by atoms with van der Waals surface area (Å²) in [5.74, 6) is 0.246. The summed E-state index contributed by atoms with van der Waals surface area (Å²) < 4.78 is 13.9. The Morgan fingerprint density at radius 2 is 2.14 bits per heavy atom. The summed E-state index contributed by atoms with van der Waals surface area (Å²) in [6, 6.07) is 10.5. The number of phenols is 1. The van der Waals surface area contributed by atoms with Crippen molar-refractivity contribution in [3.8, 4) is 11.5 Å². The number of phenolic OH excluding ortho intramolecular Hbond substituents is 1. The molecule has 0 fully saturated rings. The van der Waals surface area contributed by atoms with Crippen LogP contribution >= 0.6 is 11.7 Å². The van der Waals surface area contributed by atoms with Gasteiger partial charge in [0.2, 0.25) is 0 Å². The molecular formula is C15H10N2O3S. The van der Waals surface area contributed by atoms with E-state index in [-0.39, 0.29) is 24.1 Å². The molecule has 0 spiro atoms. The molecule has 1 atom stereocenters. The smallest absolute Gasteiger partial charge is 0.312 e. The second-order valence-electron chi connectivity index (χ2n) is 4.94. The van der Waals surface area contributed by atoms with Crippen LogP contribution in [0.3, 0.4) is 0 Å². The summed E-state index contributed by atoms with van der Waals surface area (Å²) in [5, 5.41) is 9.69. The molecule has 0 amide bonds. The zero-order valence-electron chi connectivity index (χ0n) is 10.8. The minimum absolute atomic E-state index is 0.177. The normalized spacial score (nSPS) is 17.5. The lowest BCUT2D eigenvalue weighted by atomic mass is 9.85. The van der Waals surface area contributed by atoms with Crippen molar-refractivity contribution in [1.82, 2.24) is 8.75 Å². The number of aromatic nitrogens is 2. The average Bonchev–Trinajstić information content (AvgIpc) is 2.94. The van der Waals surface area contributed by atoms with E-state index < -0.39 is 0 Å². The molecule has 1 aromatic heterocycles. The fraction of sp³-hybridized carbons (Fsp3) is 0.133. The summed E-state index contributed by atoms with van der Waals surface area (Å²) >= 11 is 1.14. The van der Waals surface area contributed by atoms with Crippen molar-refractivity contribution >= 4 is 28.7 Å². The Balaban J connectivity index is 1.97. The topological polar surface area (TPSA) is 72.3 Å².